The largest absolute Gasteiger partial charge is 0.465 e. The van der Waals surface area contributed by atoms with Crippen LogP contribution in [0.15, 0.2) is 76.2 Å². The predicted octanol–water partition coefficient (Wildman–Crippen LogP) is 4.85. The first-order valence-electron chi connectivity index (χ1n) is 7.02. The van der Waals surface area contributed by atoms with E-state index in [-0.39, 0.29) is 5.97 Å². The molecule has 0 bridgehead atoms. The Kier molecular flexibility index (Phi) is 4.68. The first-order chi connectivity index (χ1) is 11.3. The van der Waals surface area contributed by atoms with Gasteiger partial charge in [-0.1, -0.05) is 18.2 Å². The fraction of sp³-hybridized carbons (Fsp3) is 0.0556. The number of furan rings is 1. The number of esters is 1. The van der Waals surface area contributed by atoms with Crippen molar-refractivity contribution in [3.05, 3.63) is 72.5 Å². The molecule has 0 saturated carbocycles. The lowest BCUT2D eigenvalue weighted by Gasteiger charge is -2.11. The highest BCUT2D eigenvalue weighted by atomic mass is 32.2. The van der Waals surface area contributed by atoms with Gasteiger partial charge in [0.15, 0.2) is 0 Å². The summed E-state index contributed by atoms with van der Waals surface area (Å²) >= 11 is 1.47. The molecular formula is C18H15NO3S. The number of benzene rings is 2. The van der Waals surface area contributed by atoms with Gasteiger partial charge in [0.05, 0.1) is 24.6 Å². The van der Waals surface area contributed by atoms with Crippen molar-refractivity contribution in [2.45, 2.75) is 4.90 Å². The number of hydrogen-bond donors (Lipinski definition) is 1. The van der Waals surface area contributed by atoms with Gasteiger partial charge in [0.1, 0.15) is 5.76 Å². The van der Waals surface area contributed by atoms with Crippen LogP contribution in [0, 0.1) is 0 Å². The Morgan fingerprint density at radius 3 is 2.61 bits per heavy atom. The van der Waals surface area contributed by atoms with E-state index in [1.165, 1.54) is 19.1 Å². The molecule has 5 heteroatoms. The highest BCUT2D eigenvalue weighted by molar-refractivity contribution is 8.00. The third-order valence-corrected chi connectivity index (χ3v) is 4.08. The SMILES string of the molecule is COC(=O)c1ccc(-c2ccco2)c(NSc2ccccc2)c1. The van der Waals surface area contributed by atoms with Crippen molar-refractivity contribution in [3.63, 3.8) is 0 Å². The van der Waals surface area contributed by atoms with Gasteiger partial charge >= 0.3 is 5.97 Å². The topological polar surface area (TPSA) is 51.5 Å². The van der Waals surface area contributed by atoms with Crippen LogP contribution in [0.3, 0.4) is 0 Å². The number of anilines is 1. The highest BCUT2D eigenvalue weighted by Crippen LogP contribution is 2.32. The lowest BCUT2D eigenvalue weighted by molar-refractivity contribution is 0.0601. The molecule has 3 aromatic rings. The van der Waals surface area contributed by atoms with E-state index in [1.807, 2.05) is 48.5 Å². The molecule has 116 valence electrons. The van der Waals surface area contributed by atoms with E-state index in [0.29, 0.717) is 5.56 Å². The summed E-state index contributed by atoms with van der Waals surface area (Å²) in [6.07, 6.45) is 1.62. The normalized spacial score (nSPS) is 10.3. The van der Waals surface area contributed by atoms with E-state index in [9.17, 15) is 4.79 Å². The molecule has 4 nitrogen and oxygen atoms in total. The van der Waals surface area contributed by atoms with Crippen LogP contribution in [0.1, 0.15) is 10.4 Å². The van der Waals surface area contributed by atoms with Gasteiger partial charge in [0.25, 0.3) is 0 Å². The highest BCUT2D eigenvalue weighted by Gasteiger charge is 2.13. The van der Waals surface area contributed by atoms with Crippen LogP contribution in [0.4, 0.5) is 5.69 Å². The van der Waals surface area contributed by atoms with Crippen LogP contribution in [-0.4, -0.2) is 13.1 Å². The van der Waals surface area contributed by atoms with E-state index in [0.717, 1.165) is 21.9 Å². The smallest absolute Gasteiger partial charge is 0.337 e. The third-order valence-electron chi connectivity index (χ3n) is 3.25. The molecule has 23 heavy (non-hydrogen) atoms. The van der Waals surface area contributed by atoms with Crippen molar-refractivity contribution in [3.8, 4) is 11.3 Å². The number of ether oxygens (including phenoxy) is 1. The van der Waals surface area contributed by atoms with Gasteiger partial charge in [0.2, 0.25) is 0 Å². The van der Waals surface area contributed by atoms with Gasteiger partial charge < -0.3 is 13.9 Å². The molecule has 0 aliphatic rings. The summed E-state index contributed by atoms with van der Waals surface area (Å²) in [6.45, 7) is 0. The molecule has 1 heterocycles. The van der Waals surface area contributed by atoms with Gasteiger partial charge in [-0.25, -0.2) is 4.79 Å². The Balaban J connectivity index is 1.92. The molecule has 0 spiro atoms. The minimum atomic E-state index is -0.372. The quantitative estimate of drug-likeness (QED) is 0.536. The Morgan fingerprint density at radius 1 is 1.09 bits per heavy atom. The van der Waals surface area contributed by atoms with Gasteiger partial charge in [-0.15, -0.1) is 0 Å². The van der Waals surface area contributed by atoms with Crippen molar-refractivity contribution in [2.75, 3.05) is 11.8 Å². The molecule has 0 radical (unpaired) electrons. The summed E-state index contributed by atoms with van der Waals surface area (Å²) in [6, 6.07) is 19.0. The van der Waals surface area contributed by atoms with Crippen LogP contribution >= 0.6 is 11.9 Å². The van der Waals surface area contributed by atoms with Crippen LogP contribution < -0.4 is 4.72 Å². The van der Waals surface area contributed by atoms with E-state index < -0.39 is 0 Å². The van der Waals surface area contributed by atoms with Crippen molar-refractivity contribution < 1.29 is 13.9 Å². The van der Waals surface area contributed by atoms with Crippen molar-refractivity contribution >= 4 is 23.6 Å². The number of nitrogens with one attached hydrogen (secondary N) is 1. The number of carbonyl (C=O) groups excluding carboxylic acids is 1. The van der Waals surface area contributed by atoms with Crippen LogP contribution in [-0.2, 0) is 4.74 Å². The molecule has 0 atom stereocenters. The molecule has 2 aromatic carbocycles. The first kappa shape index (κ1) is 15.2. The maximum atomic E-state index is 11.8. The fourth-order valence-electron chi connectivity index (χ4n) is 2.12. The predicted molar refractivity (Wildman–Crippen MR) is 91.4 cm³/mol. The van der Waals surface area contributed by atoms with Gasteiger partial charge in [-0.05, 0) is 54.4 Å². The second kappa shape index (κ2) is 7.07. The van der Waals surface area contributed by atoms with Crippen LogP contribution in [0.2, 0.25) is 0 Å². The minimum absolute atomic E-state index is 0.372. The minimum Gasteiger partial charge on any atom is -0.465 e. The summed E-state index contributed by atoms with van der Waals surface area (Å²) < 4.78 is 13.5. The lowest BCUT2D eigenvalue weighted by Crippen LogP contribution is -2.02. The van der Waals surface area contributed by atoms with Gasteiger partial charge in [-0.3, -0.25) is 0 Å². The Morgan fingerprint density at radius 2 is 1.91 bits per heavy atom. The molecule has 0 aliphatic carbocycles. The zero-order chi connectivity index (χ0) is 16.1. The lowest BCUT2D eigenvalue weighted by atomic mass is 10.1. The first-order valence-corrected chi connectivity index (χ1v) is 7.84. The van der Waals surface area contributed by atoms with Crippen LogP contribution in [0.5, 0.6) is 0 Å². The van der Waals surface area contributed by atoms with Crippen LogP contribution in [0.25, 0.3) is 11.3 Å². The molecule has 0 unspecified atom stereocenters. The molecule has 1 aromatic heterocycles. The van der Waals surface area contributed by atoms with E-state index in [1.54, 1.807) is 18.4 Å². The second-order valence-corrected chi connectivity index (χ2v) is 5.63. The third kappa shape index (κ3) is 3.57. The standard InChI is InChI=1S/C18H15NO3S/c1-21-18(20)13-9-10-15(17-8-5-11-22-17)16(12-13)19-23-14-6-3-2-4-7-14/h2-12,19H,1H3. The monoisotopic (exact) mass is 325 g/mol. The molecule has 1 N–H and O–H groups in total. The summed E-state index contributed by atoms with van der Waals surface area (Å²) in [5.41, 5.74) is 2.15. The van der Waals surface area contributed by atoms with E-state index >= 15 is 0 Å². The van der Waals surface area contributed by atoms with Crippen molar-refractivity contribution in [1.29, 1.82) is 0 Å². The summed E-state index contributed by atoms with van der Waals surface area (Å²) in [5, 5.41) is 0. The maximum absolute atomic E-state index is 11.8. The van der Waals surface area contributed by atoms with Gasteiger partial charge in [-0.2, -0.15) is 0 Å². The zero-order valence-electron chi connectivity index (χ0n) is 12.5. The zero-order valence-corrected chi connectivity index (χ0v) is 13.3. The summed E-state index contributed by atoms with van der Waals surface area (Å²) in [7, 11) is 1.37. The van der Waals surface area contributed by atoms with Crippen molar-refractivity contribution in [2.24, 2.45) is 0 Å². The average molecular weight is 325 g/mol. The fourth-order valence-corrected chi connectivity index (χ4v) is 2.81. The molecule has 0 aliphatic heterocycles. The number of hydrogen-bond acceptors (Lipinski definition) is 5. The maximum Gasteiger partial charge on any atom is 0.337 e. The van der Waals surface area contributed by atoms with Gasteiger partial charge in [0, 0.05) is 10.5 Å². The number of rotatable bonds is 5. The molecule has 0 fully saturated rings. The Labute approximate surface area is 138 Å². The Bertz CT molecular complexity index is 785. The molecule has 0 saturated heterocycles. The molecule has 3 rings (SSSR count). The van der Waals surface area contributed by atoms with E-state index in [4.69, 9.17) is 9.15 Å². The summed E-state index contributed by atoms with van der Waals surface area (Å²) in [5.74, 6) is 0.362. The van der Waals surface area contributed by atoms with E-state index in [2.05, 4.69) is 4.72 Å². The average Bonchev–Trinajstić information content (AvgIpc) is 3.14. The Hall–Kier alpha value is -2.66. The summed E-state index contributed by atoms with van der Waals surface area (Å²) in [4.78, 5) is 12.8. The number of carbonyl (C=O) groups is 1. The molecular weight excluding hydrogens is 310 g/mol. The second-order valence-electron chi connectivity index (χ2n) is 4.75. The number of methoxy groups -OCH3 is 1. The molecule has 0 amide bonds. The van der Waals surface area contributed by atoms with Crippen molar-refractivity contribution in [1.82, 2.24) is 0 Å².